The quantitative estimate of drug-likeness (QED) is 0.832. The van der Waals surface area contributed by atoms with Gasteiger partial charge in [0.1, 0.15) is 12.4 Å². The maximum atomic E-state index is 5.51. The van der Waals surface area contributed by atoms with Crippen LogP contribution in [0.2, 0.25) is 0 Å². The minimum atomic E-state index is 0.450. The number of pyridine rings is 1. The van der Waals surface area contributed by atoms with Crippen molar-refractivity contribution in [3.8, 4) is 0 Å². The molecule has 2 heterocycles. The Hall–Kier alpha value is -1.65. The van der Waals surface area contributed by atoms with E-state index in [0.717, 1.165) is 17.0 Å². The van der Waals surface area contributed by atoms with Crippen LogP contribution in [0.4, 0.5) is 0 Å². The van der Waals surface area contributed by atoms with Crippen LogP contribution in [0, 0.1) is 0 Å². The van der Waals surface area contributed by atoms with Crippen LogP contribution in [0.5, 0.6) is 0 Å². The molecule has 0 aromatic carbocycles. The van der Waals surface area contributed by atoms with Crippen LogP contribution in [-0.4, -0.2) is 4.98 Å². The second-order valence-corrected chi connectivity index (χ2v) is 3.43. The molecule has 0 saturated carbocycles. The zero-order chi connectivity index (χ0) is 11.2. The Labute approximate surface area is 94.1 Å². The van der Waals surface area contributed by atoms with Gasteiger partial charge < -0.3 is 14.9 Å². The van der Waals surface area contributed by atoms with Gasteiger partial charge in [-0.25, -0.2) is 0 Å². The number of hydrogen-bond acceptors (Lipinski definition) is 4. The maximum absolute atomic E-state index is 5.51. The Kier molecular flexibility index (Phi) is 3.69. The molecule has 84 valence electrons. The van der Waals surface area contributed by atoms with Gasteiger partial charge in [0.15, 0.2) is 0 Å². The lowest BCUT2D eigenvalue weighted by Gasteiger charge is -2.03. The summed E-state index contributed by atoms with van der Waals surface area (Å²) in [6.07, 6.45) is 3.38. The number of aromatic nitrogens is 1. The third kappa shape index (κ3) is 2.92. The molecule has 0 aliphatic rings. The summed E-state index contributed by atoms with van der Waals surface area (Å²) in [5.74, 6) is 0.827. The molecule has 2 aromatic heterocycles. The largest absolute Gasteiger partial charge is 0.467 e. The Morgan fingerprint density at radius 2 is 2.25 bits per heavy atom. The van der Waals surface area contributed by atoms with Gasteiger partial charge in [0.25, 0.3) is 0 Å². The number of furan rings is 1. The van der Waals surface area contributed by atoms with Crippen LogP contribution in [-0.2, 0) is 24.5 Å². The van der Waals surface area contributed by atoms with E-state index in [1.165, 1.54) is 0 Å². The van der Waals surface area contributed by atoms with Crippen LogP contribution in [0.1, 0.15) is 17.0 Å². The topological polar surface area (TPSA) is 61.3 Å². The summed E-state index contributed by atoms with van der Waals surface area (Å²) >= 11 is 0. The molecular formula is C12H14N2O2. The first-order valence-electron chi connectivity index (χ1n) is 5.12. The lowest BCUT2D eigenvalue weighted by molar-refractivity contribution is 0.0928. The molecule has 2 N–H and O–H groups in total. The highest BCUT2D eigenvalue weighted by Gasteiger charge is 1.98. The fourth-order valence-corrected chi connectivity index (χ4v) is 1.39. The number of hydrogen-bond donors (Lipinski definition) is 1. The lowest BCUT2D eigenvalue weighted by atomic mass is 10.2. The number of nitrogens with zero attached hydrogens (tertiary/aromatic N) is 1. The van der Waals surface area contributed by atoms with Gasteiger partial charge in [-0.3, -0.25) is 4.98 Å². The SMILES string of the molecule is NCc1cc(COCc2ccco2)ccn1. The minimum Gasteiger partial charge on any atom is -0.467 e. The minimum absolute atomic E-state index is 0.450. The Balaban J connectivity index is 1.85. The Morgan fingerprint density at radius 1 is 1.31 bits per heavy atom. The van der Waals surface area contributed by atoms with E-state index in [2.05, 4.69) is 4.98 Å². The predicted octanol–water partition coefficient (Wildman–Crippen LogP) is 1.85. The van der Waals surface area contributed by atoms with E-state index in [4.69, 9.17) is 14.9 Å². The van der Waals surface area contributed by atoms with Gasteiger partial charge in [-0.2, -0.15) is 0 Å². The van der Waals surface area contributed by atoms with E-state index in [1.54, 1.807) is 12.5 Å². The number of nitrogens with two attached hydrogens (primary N) is 1. The van der Waals surface area contributed by atoms with E-state index in [0.29, 0.717) is 19.8 Å². The predicted molar refractivity (Wildman–Crippen MR) is 59.3 cm³/mol. The molecular weight excluding hydrogens is 204 g/mol. The molecule has 0 fully saturated rings. The molecule has 0 amide bonds. The summed E-state index contributed by atoms with van der Waals surface area (Å²) in [4.78, 5) is 4.12. The normalized spacial score (nSPS) is 10.6. The molecule has 0 aliphatic heterocycles. The van der Waals surface area contributed by atoms with Gasteiger partial charge in [-0.15, -0.1) is 0 Å². The summed E-state index contributed by atoms with van der Waals surface area (Å²) in [6.45, 7) is 1.47. The van der Waals surface area contributed by atoms with Crippen molar-refractivity contribution >= 4 is 0 Å². The van der Waals surface area contributed by atoms with E-state index < -0.39 is 0 Å². The van der Waals surface area contributed by atoms with Gasteiger partial charge in [0.2, 0.25) is 0 Å². The van der Waals surface area contributed by atoms with Crippen molar-refractivity contribution in [2.75, 3.05) is 0 Å². The van der Waals surface area contributed by atoms with Crippen LogP contribution >= 0.6 is 0 Å². The van der Waals surface area contributed by atoms with Gasteiger partial charge >= 0.3 is 0 Å². The van der Waals surface area contributed by atoms with E-state index in [-0.39, 0.29) is 0 Å². The number of rotatable bonds is 5. The molecule has 0 aliphatic carbocycles. The van der Waals surface area contributed by atoms with Crippen molar-refractivity contribution in [1.29, 1.82) is 0 Å². The van der Waals surface area contributed by atoms with Crippen molar-refractivity contribution in [3.05, 3.63) is 53.7 Å². The van der Waals surface area contributed by atoms with Crippen LogP contribution in [0.15, 0.2) is 41.1 Å². The summed E-state index contributed by atoms with van der Waals surface area (Å²) in [6, 6.07) is 7.60. The van der Waals surface area contributed by atoms with Crippen LogP contribution < -0.4 is 5.73 Å². The first-order valence-corrected chi connectivity index (χ1v) is 5.12. The smallest absolute Gasteiger partial charge is 0.129 e. The van der Waals surface area contributed by atoms with Crippen molar-refractivity contribution in [2.45, 2.75) is 19.8 Å². The standard InChI is InChI=1S/C12H14N2O2/c13-7-11-6-10(3-4-14-11)8-15-9-12-2-1-5-16-12/h1-6H,7-9,13H2. The average Bonchev–Trinajstić information content (AvgIpc) is 2.82. The fourth-order valence-electron chi connectivity index (χ4n) is 1.39. The zero-order valence-electron chi connectivity index (χ0n) is 8.93. The maximum Gasteiger partial charge on any atom is 0.129 e. The van der Waals surface area contributed by atoms with Crippen LogP contribution in [0.3, 0.4) is 0 Å². The molecule has 2 rings (SSSR count). The summed E-state index contributed by atoms with van der Waals surface area (Å²) in [5, 5.41) is 0. The lowest BCUT2D eigenvalue weighted by Crippen LogP contribution is -2.01. The molecule has 0 saturated heterocycles. The summed E-state index contributed by atoms with van der Waals surface area (Å²) < 4.78 is 10.7. The van der Waals surface area contributed by atoms with Gasteiger partial charge in [-0.1, -0.05) is 0 Å². The van der Waals surface area contributed by atoms with Gasteiger partial charge in [-0.05, 0) is 29.8 Å². The highest BCUT2D eigenvalue weighted by Crippen LogP contribution is 2.07. The third-order valence-corrected chi connectivity index (χ3v) is 2.18. The molecule has 2 aromatic rings. The first kappa shape index (κ1) is 10.9. The number of ether oxygens (including phenoxy) is 1. The molecule has 0 spiro atoms. The summed E-state index contributed by atoms with van der Waals surface area (Å²) in [5.41, 5.74) is 7.45. The summed E-state index contributed by atoms with van der Waals surface area (Å²) in [7, 11) is 0. The molecule has 4 heteroatoms. The molecule has 0 atom stereocenters. The highest BCUT2D eigenvalue weighted by atomic mass is 16.5. The molecule has 0 bridgehead atoms. The third-order valence-electron chi connectivity index (χ3n) is 2.18. The van der Waals surface area contributed by atoms with Crippen molar-refractivity contribution < 1.29 is 9.15 Å². The van der Waals surface area contributed by atoms with Crippen molar-refractivity contribution in [2.24, 2.45) is 5.73 Å². The van der Waals surface area contributed by atoms with Gasteiger partial charge in [0.05, 0.1) is 18.6 Å². The van der Waals surface area contributed by atoms with Gasteiger partial charge in [0, 0.05) is 12.7 Å². The van der Waals surface area contributed by atoms with Crippen molar-refractivity contribution in [1.82, 2.24) is 4.98 Å². The Morgan fingerprint density at radius 3 is 3.00 bits per heavy atom. The van der Waals surface area contributed by atoms with E-state index in [1.807, 2.05) is 24.3 Å². The average molecular weight is 218 g/mol. The van der Waals surface area contributed by atoms with E-state index >= 15 is 0 Å². The monoisotopic (exact) mass is 218 g/mol. The van der Waals surface area contributed by atoms with Crippen LogP contribution in [0.25, 0.3) is 0 Å². The first-order chi connectivity index (χ1) is 7.88. The second kappa shape index (κ2) is 5.44. The molecule has 0 unspecified atom stereocenters. The fraction of sp³-hybridized carbons (Fsp3) is 0.250. The second-order valence-electron chi connectivity index (χ2n) is 3.43. The zero-order valence-corrected chi connectivity index (χ0v) is 8.93. The van der Waals surface area contributed by atoms with E-state index in [9.17, 15) is 0 Å². The van der Waals surface area contributed by atoms with Crippen molar-refractivity contribution in [3.63, 3.8) is 0 Å². The Bertz CT molecular complexity index is 426. The molecule has 4 nitrogen and oxygen atoms in total. The molecule has 0 radical (unpaired) electrons. The highest BCUT2D eigenvalue weighted by molar-refractivity contribution is 5.15. The molecule has 16 heavy (non-hydrogen) atoms.